The molecule has 0 heterocycles. The van der Waals surface area contributed by atoms with E-state index in [-0.39, 0.29) is 5.92 Å². The second-order valence-corrected chi connectivity index (χ2v) is 4.73. The van der Waals surface area contributed by atoms with Crippen molar-refractivity contribution < 1.29 is 4.79 Å². The van der Waals surface area contributed by atoms with Gasteiger partial charge < -0.3 is 0 Å². The normalized spacial score (nSPS) is 28.6. The predicted molar refractivity (Wildman–Crippen MR) is 50.9 cm³/mol. The molecule has 1 aliphatic carbocycles. The second-order valence-electron chi connectivity index (χ2n) is 4.73. The highest BCUT2D eigenvalue weighted by molar-refractivity contribution is 5.84. The fourth-order valence-corrected chi connectivity index (χ4v) is 1.85. The van der Waals surface area contributed by atoms with Crippen molar-refractivity contribution in [2.24, 2.45) is 11.3 Å². The highest BCUT2D eigenvalue weighted by Crippen LogP contribution is 2.38. The maximum atomic E-state index is 11.5. The van der Waals surface area contributed by atoms with E-state index in [2.05, 4.69) is 20.4 Å². The van der Waals surface area contributed by atoms with Gasteiger partial charge in [0.2, 0.25) is 0 Å². The SMILES string of the molecule is C=C(C)[C@@H]1CC(C)(C)CCC1=O. The highest BCUT2D eigenvalue weighted by atomic mass is 16.1. The van der Waals surface area contributed by atoms with Gasteiger partial charge in [0.25, 0.3) is 0 Å². The minimum atomic E-state index is 0.133. The third kappa shape index (κ3) is 1.96. The van der Waals surface area contributed by atoms with Crippen molar-refractivity contribution in [3.63, 3.8) is 0 Å². The van der Waals surface area contributed by atoms with Gasteiger partial charge in [0, 0.05) is 12.3 Å². The van der Waals surface area contributed by atoms with E-state index in [0.29, 0.717) is 11.2 Å². The Morgan fingerprint density at radius 1 is 1.58 bits per heavy atom. The van der Waals surface area contributed by atoms with Crippen molar-refractivity contribution in [2.45, 2.75) is 40.0 Å². The molecule has 0 spiro atoms. The van der Waals surface area contributed by atoms with Crippen LogP contribution in [0.2, 0.25) is 0 Å². The van der Waals surface area contributed by atoms with Crippen molar-refractivity contribution in [1.29, 1.82) is 0 Å². The van der Waals surface area contributed by atoms with Gasteiger partial charge in [0.15, 0.2) is 0 Å². The summed E-state index contributed by atoms with van der Waals surface area (Å²) in [6.07, 6.45) is 2.77. The summed E-state index contributed by atoms with van der Waals surface area (Å²) in [6.45, 7) is 10.3. The molecule has 1 heteroatoms. The van der Waals surface area contributed by atoms with Gasteiger partial charge in [0.05, 0.1) is 0 Å². The van der Waals surface area contributed by atoms with Gasteiger partial charge in [-0.25, -0.2) is 0 Å². The lowest BCUT2D eigenvalue weighted by Crippen LogP contribution is -2.30. The molecule has 0 unspecified atom stereocenters. The quantitative estimate of drug-likeness (QED) is 0.547. The molecule has 0 aromatic heterocycles. The Hall–Kier alpha value is -0.590. The molecule has 0 saturated heterocycles. The van der Waals surface area contributed by atoms with E-state index in [1.165, 1.54) is 0 Å². The monoisotopic (exact) mass is 166 g/mol. The molecule has 0 aromatic rings. The molecule has 0 aromatic carbocycles. The Bertz CT molecular complexity index is 213. The lowest BCUT2D eigenvalue weighted by molar-refractivity contribution is -0.125. The molecule has 1 rings (SSSR count). The Morgan fingerprint density at radius 2 is 2.17 bits per heavy atom. The van der Waals surface area contributed by atoms with E-state index in [0.717, 1.165) is 24.8 Å². The maximum Gasteiger partial charge on any atom is 0.140 e. The summed E-state index contributed by atoms with van der Waals surface area (Å²) < 4.78 is 0. The Kier molecular flexibility index (Phi) is 2.41. The standard InChI is InChI=1S/C11H18O/c1-8(2)9-7-11(3,4)6-5-10(9)12/h9H,1,5-7H2,2-4H3/t9-/m0/s1. The average molecular weight is 166 g/mol. The predicted octanol–water partition coefficient (Wildman–Crippen LogP) is 2.96. The number of hydrogen-bond donors (Lipinski definition) is 0. The molecule has 0 radical (unpaired) electrons. The summed E-state index contributed by atoms with van der Waals surface area (Å²) in [5.74, 6) is 0.524. The number of carbonyl (C=O) groups is 1. The lowest BCUT2D eigenvalue weighted by Gasteiger charge is -2.34. The summed E-state index contributed by atoms with van der Waals surface area (Å²) in [6, 6.07) is 0. The fraction of sp³-hybridized carbons (Fsp3) is 0.727. The number of hydrogen-bond acceptors (Lipinski definition) is 1. The molecule has 68 valence electrons. The molecule has 0 aliphatic heterocycles. The highest BCUT2D eigenvalue weighted by Gasteiger charge is 2.33. The first-order valence-electron chi connectivity index (χ1n) is 4.60. The molecule has 1 nitrogen and oxygen atoms in total. The Labute approximate surface area is 74.9 Å². The van der Waals surface area contributed by atoms with E-state index in [1.807, 2.05) is 6.92 Å². The number of allylic oxidation sites excluding steroid dienone is 1. The van der Waals surface area contributed by atoms with Crippen LogP contribution in [0.4, 0.5) is 0 Å². The zero-order chi connectivity index (χ0) is 9.35. The van der Waals surface area contributed by atoms with Crippen molar-refractivity contribution in [1.82, 2.24) is 0 Å². The largest absolute Gasteiger partial charge is 0.299 e. The molecule has 0 bridgehead atoms. The minimum absolute atomic E-state index is 0.133. The minimum Gasteiger partial charge on any atom is -0.299 e. The van der Waals surface area contributed by atoms with E-state index in [1.54, 1.807) is 0 Å². The van der Waals surface area contributed by atoms with E-state index < -0.39 is 0 Å². The van der Waals surface area contributed by atoms with Gasteiger partial charge in [-0.1, -0.05) is 26.0 Å². The third-order valence-electron chi connectivity index (χ3n) is 2.79. The van der Waals surface area contributed by atoms with Crippen molar-refractivity contribution in [3.05, 3.63) is 12.2 Å². The van der Waals surface area contributed by atoms with Gasteiger partial charge in [-0.05, 0) is 25.2 Å². The van der Waals surface area contributed by atoms with Gasteiger partial charge in [-0.15, -0.1) is 0 Å². The fourth-order valence-electron chi connectivity index (χ4n) is 1.85. The van der Waals surface area contributed by atoms with Crippen LogP contribution in [0.5, 0.6) is 0 Å². The molecule has 1 saturated carbocycles. The summed E-state index contributed by atoms with van der Waals surface area (Å²) in [7, 11) is 0. The number of ketones is 1. The smallest absolute Gasteiger partial charge is 0.140 e. The van der Waals surface area contributed by atoms with Gasteiger partial charge in [0.1, 0.15) is 5.78 Å². The molecule has 12 heavy (non-hydrogen) atoms. The summed E-state index contributed by atoms with van der Waals surface area (Å²) >= 11 is 0. The van der Waals surface area contributed by atoms with Crippen molar-refractivity contribution in [3.8, 4) is 0 Å². The zero-order valence-electron chi connectivity index (χ0n) is 8.31. The van der Waals surface area contributed by atoms with Crippen LogP contribution in [0.3, 0.4) is 0 Å². The van der Waals surface area contributed by atoms with E-state index in [9.17, 15) is 4.79 Å². The molecular weight excluding hydrogens is 148 g/mol. The summed E-state index contributed by atoms with van der Waals surface area (Å²) in [4.78, 5) is 11.5. The van der Waals surface area contributed by atoms with Crippen LogP contribution in [0.1, 0.15) is 40.0 Å². The second kappa shape index (κ2) is 3.04. The van der Waals surface area contributed by atoms with Crippen LogP contribution in [-0.4, -0.2) is 5.78 Å². The average Bonchev–Trinajstić information content (AvgIpc) is 1.94. The molecular formula is C11H18O. The summed E-state index contributed by atoms with van der Waals surface area (Å²) in [5.41, 5.74) is 1.37. The van der Waals surface area contributed by atoms with Gasteiger partial charge in [-0.3, -0.25) is 4.79 Å². The molecule has 1 fully saturated rings. The van der Waals surface area contributed by atoms with E-state index in [4.69, 9.17) is 0 Å². The molecule has 1 aliphatic rings. The van der Waals surface area contributed by atoms with Crippen LogP contribution in [0, 0.1) is 11.3 Å². The Morgan fingerprint density at radius 3 is 2.58 bits per heavy atom. The summed E-state index contributed by atoms with van der Waals surface area (Å²) in [5, 5.41) is 0. The van der Waals surface area contributed by atoms with Gasteiger partial charge in [-0.2, -0.15) is 0 Å². The number of carbonyl (C=O) groups excluding carboxylic acids is 1. The first kappa shape index (κ1) is 9.50. The van der Waals surface area contributed by atoms with Crippen molar-refractivity contribution in [2.75, 3.05) is 0 Å². The Balaban J connectivity index is 2.72. The van der Waals surface area contributed by atoms with Crippen LogP contribution in [0.15, 0.2) is 12.2 Å². The zero-order valence-corrected chi connectivity index (χ0v) is 8.31. The van der Waals surface area contributed by atoms with Gasteiger partial charge >= 0.3 is 0 Å². The number of Topliss-reactive ketones (excluding diaryl/α,β-unsaturated/α-hetero) is 1. The van der Waals surface area contributed by atoms with Crippen LogP contribution in [-0.2, 0) is 4.79 Å². The van der Waals surface area contributed by atoms with Crippen LogP contribution >= 0.6 is 0 Å². The molecule has 0 N–H and O–H groups in total. The molecule has 1 atom stereocenters. The lowest BCUT2D eigenvalue weighted by atomic mass is 9.70. The van der Waals surface area contributed by atoms with E-state index >= 15 is 0 Å². The van der Waals surface area contributed by atoms with Crippen LogP contribution in [0.25, 0.3) is 0 Å². The maximum absolute atomic E-state index is 11.5. The topological polar surface area (TPSA) is 17.1 Å². The number of rotatable bonds is 1. The van der Waals surface area contributed by atoms with Crippen LogP contribution < -0.4 is 0 Å². The third-order valence-corrected chi connectivity index (χ3v) is 2.79. The first-order valence-corrected chi connectivity index (χ1v) is 4.60. The first-order chi connectivity index (χ1) is 5.42. The molecule has 0 amide bonds. The van der Waals surface area contributed by atoms with Crippen molar-refractivity contribution >= 4 is 5.78 Å².